The molecule has 1 atom stereocenters. The molecule has 1 nitrogen and oxygen atoms in total. The largest absolute Gasteiger partial charge is 0.378 e. The highest BCUT2D eigenvalue weighted by Gasteiger charge is 2.06. The average Bonchev–Trinajstić information content (AvgIpc) is 2.34. The molecule has 0 saturated heterocycles. The Morgan fingerprint density at radius 3 is 2.44 bits per heavy atom. The number of halogens is 3. The fraction of sp³-hybridized carbons (Fsp3) is 0.143. The molecule has 0 heterocycles. The lowest BCUT2D eigenvalue weighted by Crippen LogP contribution is -2.06. The zero-order valence-corrected chi connectivity index (χ0v) is 12.1. The third kappa shape index (κ3) is 3.24. The third-order valence-electron chi connectivity index (χ3n) is 2.67. The van der Waals surface area contributed by atoms with E-state index in [2.05, 4.69) is 21.2 Å². The van der Waals surface area contributed by atoms with Crippen molar-refractivity contribution in [1.82, 2.24) is 0 Å². The summed E-state index contributed by atoms with van der Waals surface area (Å²) in [4.78, 5) is 0. The van der Waals surface area contributed by atoms with Crippen LogP contribution in [0.25, 0.3) is 0 Å². The van der Waals surface area contributed by atoms with Crippen LogP contribution in [0, 0.1) is 5.82 Å². The summed E-state index contributed by atoms with van der Waals surface area (Å²) in [6, 6.07) is 12.7. The Balaban J connectivity index is 2.13. The predicted molar refractivity (Wildman–Crippen MR) is 77.6 cm³/mol. The summed E-state index contributed by atoms with van der Waals surface area (Å²) in [6.07, 6.45) is 0. The lowest BCUT2D eigenvalue weighted by Gasteiger charge is -2.16. The van der Waals surface area contributed by atoms with Gasteiger partial charge in [-0.15, -0.1) is 0 Å². The van der Waals surface area contributed by atoms with Crippen LogP contribution in [0.4, 0.5) is 10.1 Å². The highest BCUT2D eigenvalue weighted by atomic mass is 79.9. The molecule has 18 heavy (non-hydrogen) atoms. The van der Waals surface area contributed by atoms with Crippen LogP contribution in [-0.4, -0.2) is 0 Å². The van der Waals surface area contributed by atoms with Crippen LogP contribution in [0.1, 0.15) is 18.5 Å². The highest BCUT2D eigenvalue weighted by molar-refractivity contribution is 9.10. The van der Waals surface area contributed by atoms with E-state index in [1.807, 2.05) is 31.2 Å². The predicted octanol–water partition coefficient (Wildman–Crippen LogP) is 5.41. The van der Waals surface area contributed by atoms with Gasteiger partial charge in [0.2, 0.25) is 0 Å². The minimum absolute atomic E-state index is 0.125. The standard InChI is InChI=1S/C14H12BrClFN/c1-9(10-2-4-11(16)5-3-10)18-12-6-7-14(17)13(15)8-12/h2-9,18H,1H3. The van der Waals surface area contributed by atoms with Crippen LogP contribution < -0.4 is 5.32 Å². The second kappa shape index (κ2) is 5.72. The Hall–Kier alpha value is -1.06. The van der Waals surface area contributed by atoms with E-state index >= 15 is 0 Å². The number of rotatable bonds is 3. The highest BCUT2D eigenvalue weighted by Crippen LogP contribution is 2.24. The van der Waals surface area contributed by atoms with Crippen LogP contribution in [0.15, 0.2) is 46.9 Å². The molecule has 1 unspecified atom stereocenters. The number of nitrogens with one attached hydrogen (secondary N) is 1. The molecule has 1 N–H and O–H groups in total. The maximum Gasteiger partial charge on any atom is 0.137 e. The van der Waals surface area contributed by atoms with Gasteiger partial charge in [0, 0.05) is 16.8 Å². The molecular formula is C14H12BrClFN. The molecule has 0 spiro atoms. The molecule has 0 fully saturated rings. The second-order valence-corrected chi connectivity index (χ2v) is 5.34. The van der Waals surface area contributed by atoms with Crippen LogP contribution in [-0.2, 0) is 0 Å². The first-order chi connectivity index (χ1) is 8.56. The van der Waals surface area contributed by atoms with Gasteiger partial charge in [0.1, 0.15) is 5.82 Å². The van der Waals surface area contributed by atoms with Crippen LogP contribution in [0.5, 0.6) is 0 Å². The van der Waals surface area contributed by atoms with E-state index in [1.54, 1.807) is 12.1 Å². The van der Waals surface area contributed by atoms with E-state index in [-0.39, 0.29) is 11.9 Å². The topological polar surface area (TPSA) is 12.0 Å². The summed E-state index contributed by atoms with van der Waals surface area (Å²) >= 11 is 9.02. The van der Waals surface area contributed by atoms with E-state index < -0.39 is 0 Å². The molecule has 0 aliphatic rings. The van der Waals surface area contributed by atoms with Crippen molar-refractivity contribution in [2.75, 3.05) is 5.32 Å². The Morgan fingerprint density at radius 1 is 1.17 bits per heavy atom. The van der Waals surface area contributed by atoms with Gasteiger partial charge in [0.05, 0.1) is 4.47 Å². The molecule has 0 aliphatic heterocycles. The van der Waals surface area contributed by atoms with Crippen molar-refractivity contribution in [2.24, 2.45) is 0 Å². The van der Waals surface area contributed by atoms with Crippen LogP contribution in [0.2, 0.25) is 5.02 Å². The average molecular weight is 329 g/mol. The van der Waals surface area contributed by atoms with Gasteiger partial charge < -0.3 is 5.32 Å². The Labute approximate surface area is 119 Å². The summed E-state index contributed by atoms with van der Waals surface area (Å²) < 4.78 is 13.6. The van der Waals surface area contributed by atoms with Gasteiger partial charge >= 0.3 is 0 Å². The van der Waals surface area contributed by atoms with Crippen molar-refractivity contribution >= 4 is 33.2 Å². The molecule has 0 saturated carbocycles. The third-order valence-corrected chi connectivity index (χ3v) is 3.53. The van der Waals surface area contributed by atoms with Crippen LogP contribution >= 0.6 is 27.5 Å². The molecule has 2 aromatic rings. The zero-order valence-electron chi connectivity index (χ0n) is 9.75. The van der Waals surface area contributed by atoms with Crippen LogP contribution in [0.3, 0.4) is 0 Å². The van der Waals surface area contributed by atoms with Crippen molar-refractivity contribution < 1.29 is 4.39 Å². The molecule has 2 rings (SSSR count). The summed E-state index contributed by atoms with van der Waals surface area (Å²) in [5, 5.41) is 4.02. The van der Waals surface area contributed by atoms with Crippen molar-refractivity contribution in [3.8, 4) is 0 Å². The second-order valence-electron chi connectivity index (χ2n) is 4.05. The number of benzene rings is 2. The minimum Gasteiger partial charge on any atom is -0.378 e. The molecule has 94 valence electrons. The Morgan fingerprint density at radius 2 is 1.83 bits per heavy atom. The molecule has 0 radical (unpaired) electrons. The van der Waals surface area contributed by atoms with E-state index in [9.17, 15) is 4.39 Å². The summed E-state index contributed by atoms with van der Waals surface area (Å²) in [7, 11) is 0. The Kier molecular flexibility index (Phi) is 4.25. The van der Waals surface area contributed by atoms with Gasteiger partial charge in [-0.25, -0.2) is 4.39 Å². The first kappa shape index (κ1) is 13.4. The molecule has 4 heteroatoms. The first-order valence-electron chi connectivity index (χ1n) is 5.53. The molecule has 0 aliphatic carbocycles. The van der Waals surface area contributed by atoms with Gasteiger partial charge in [-0.1, -0.05) is 23.7 Å². The minimum atomic E-state index is -0.264. The van der Waals surface area contributed by atoms with Crippen molar-refractivity contribution in [3.63, 3.8) is 0 Å². The van der Waals surface area contributed by atoms with E-state index in [0.717, 1.165) is 16.3 Å². The fourth-order valence-corrected chi connectivity index (χ4v) is 2.18. The van der Waals surface area contributed by atoms with Gasteiger partial charge in [-0.2, -0.15) is 0 Å². The number of hydrogen-bond donors (Lipinski definition) is 1. The normalized spacial score (nSPS) is 12.2. The monoisotopic (exact) mass is 327 g/mol. The van der Waals surface area contributed by atoms with E-state index in [4.69, 9.17) is 11.6 Å². The van der Waals surface area contributed by atoms with Gasteiger partial charge in [-0.3, -0.25) is 0 Å². The van der Waals surface area contributed by atoms with Gasteiger partial charge in [0.15, 0.2) is 0 Å². The lowest BCUT2D eigenvalue weighted by molar-refractivity contribution is 0.621. The van der Waals surface area contributed by atoms with Gasteiger partial charge in [0.25, 0.3) is 0 Å². The first-order valence-corrected chi connectivity index (χ1v) is 6.70. The van der Waals surface area contributed by atoms with E-state index in [1.165, 1.54) is 6.07 Å². The maximum absolute atomic E-state index is 13.1. The molecule has 0 bridgehead atoms. The summed E-state index contributed by atoms with van der Waals surface area (Å²) in [5.74, 6) is -0.264. The number of anilines is 1. The zero-order chi connectivity index (χ0) is 13.1. The molecular weight excluding hydrogens is 317 g/mol. The van der Waals surface area contributed by atoms with Crippen molar-refractivity contribution in [3.05, 3.63) is 63.3 Å². The van der Waals surface area contributed by atoms with E-state index in [0.29, 0.717) is 4.47 Å². The Bertz CT molecular complexity index is 542. The number of hydrogen-bond acceptors (Lipinski definition) is 1. The molecule has 0 amide bonds. The lowest BCUT2D eigenvalue weighted by atomic mass is 10.1. The maximum atomic E-state index is 13.1. The quantitative estimate of drug-likeness (QED) is 0.794. The van der Waals surface area contributed by atoms with Crippen molar-refractivity contribution in [2.45, 2.75) is 13.0 Å². The SMILES string of the molecule is CC(Nc1ccc(F)c(Br)c1)c1ccc(Cl)cc1. The molecule has 0 aromatic heterocycles. The smallest absolute Gasteiger partial charge is 0.137 e. The van der Waals surface area contributed by atoms with Crippen molar-refractivity contribution in [1.29, 1.82) is 0 Å². The summed E-state index contributed by atoms with van der Waals surface area (Å²) in [5.41, 5.74) is 1.99. The molecule has 2 aromatic carbocycles. The summed E-state index contributed by atoms with van der Waals surface area (Å²) in [6.45, 7) is 2.04. The fourth-order valence-electron chi connectivity index (χ4n) is 1.67. The van der Waals surface area contributed by atoms with Gasteiger partial charge in [-0.05, 0) is 58.7 Å².